The fourth-order valence-corrected chi connectivity index (χ4v) is 1.57. The molecule has 80 valence electrons. The second-order valence-electron chi connectivity index (χ2n) is 3.60. The number of imidazole rings is 1. The van der Waals surface area contributed by atoms with Gasteiger partial charge < -0.3 is 4.98 Å². The van der Waals surface area contributed by atoms with Gasteiger partial charge in [0.2, 0.25) is 0 Å². The van der Waals surface area contributed by atoms with Gasteiger partial charge in [0.25, 0.3) is 0 Å². The first-order chi connectivity index (χ1) is 7.27. The van der Waals surface area contributed by atoms with Crippen LogP contribution in [0.25, 0.3) is 0 Å². The van der Waals surface area contributed by atoms with Crippen LogP contribution in [-0.4, -0.2) is 20.2 Å². The normalized spacial score (nSPS) is 15.1. The molecule has 0 bridgehead atoms. The van der Waals surface area contributed by atoms with Gasteiger partial charge in [0.15, 0.2) is 0 Å². The van der Waals surface area contributed by atoms with Gasteiger partial charge in [-0.3, -0.25) is 10.4 Å². The fraction of sp³-hybridized carbons (Fsp3) is 0.400. The van der Waals surface area contributed by atoms with E-state index in [4.69, 9.17) is 0 Å². The van der Waals surface area contributed by atoms with Crippen molar-refractivity contribution in [2.24, 2.45) is 0 Å². The van der Waals surface area contributed by atoms with Crippen molar-refractivity contribution in [1.82, 2.24) is 25.5 Å². The first-order valence-electron chi connectivity index (χ1n) is 5.02. The van der Waals surface area contributed by atoms with Crippen LogP contribution in [0.5, 0.6) is 0 Å². The van der Waals surface area contributed by atoms with E-state index in [9.17, 15) is 0 Å². The molecular formula is C10H15N5. The summed E-state index contributed by atoms with van der Waals surface area (Å²) >= 11 is 0. The molecule has 2 aromatic rings. The molecule has 0 spiro atoms. The number of nitrogens with one attached hydrogen (secondary N) is 3. The molecule has 0 saturated heterocycles. The molecule has 0 saturated carbocycles. The van der Waals surface area contributed by atoms with E-state index in [1.807, 2.05) is 12.3 Å². The topological polar surface area (TPSA) is 69.4 Å². The summed E-state index contributed by atoms with van der Waals surface area (Å²) in [6, 6.07) is 2.39. The van der Waals surface area contributed by atoms with Crippen LogP contribution in [0.2, 0.25) is 0 Å². The van der Waals surface area contributed by atoms with Crippen LogP contribution in [-0.2, 0) is 0 Å². The maximum absolute atomic E-state index is 4.21. The van der Waals surface area contributed by atoms with Gasteiger partial charge in [0.1, 0.15) is 5.82 Å². The maximum Gasteiger partial charge on any atom is 0.122 e. The molecule has 0 aromatic carbocycles. The third-order valence-electron chi connectivity index (χ3n) is 2.42. The Morgan fingerprint density at radius 2 is 2.13 bits per heavy atom. The average Bonchev–Trinajstić information content (AvgIpc) is 2.91. The van der Waals surface area contributed by atoms with Crippen LogP contribution in [0, 0.1) is 0 Å². The molecular weight excluding hydrogens is 190 g/mol. The van der Waals surface area contributed by atoms with Crippen molar-refractivity contribution in [3.63, 3.8) is 0 Å². The van der Waals surface area contributed by atoms with Gasteiger partial charge in [-0.1, -0.05) is 0 Å². The Hall–Kier alpha value is -1.62. The van der Waals surface area contributed by atoms with E-state index in [-0.39, 0.29) is 12.1 Å². The van der Waals surface area contributed by atoms with E-state index in [2.05, 4.69) is 39.3 Å². The van der Waals surface area contributed by atoms with E-state index in [1.54, 1.807) is 12.4 Å². The van der Waals surface area contributed by atoms with Gasteiger partial charge in [-0.15, -0.1) is 0 Å². The first kappa shape index (κ1) is 9.92. The molecule has 0 amide bonds. The minimum atomic E-state index is 0.193. The molecule has 2 atom stereocenters. The fourth-order valence-electron chi connectivity index (χ4n) is 1.57. The van der Waals surface area contributed by atoms with Gasteiger partial charge in [-0.05, 0) is 19.9 Å². The van der Waals surface area contributed by atoms with Gasteiger partial charge in [0.05, 0.1) is 11.7 Å². The molecule has 2 unspecified atom stereocenters. The summed E-state index contributed by atoms with van der Waals surface area (Å²) in [4.78, 5) is 7.29. The summed E-state index contributed by atoms with van der Waals surface area (Å²) < 4.78 is 0. The SMILES string of the molecule is CC(NC(C)c1ncc[nH]1)c1ccn[nH]1. The number of aromatic nitrogens is 4. The zero-order valence-electron chi connectivity index (χ0n) is 8.86. The predicted octanol–water partition coefficient (Wildman–Crippen LogP) is 1.54. The van der Waals surface area contributed by atoms with Crippen molar-refractivity contribution in [2.45, 2.75) is 25.9 Å². The second-order valence-corrected chi connectivity index (χ2v) is 3.60. The molecule has 15 heavy (non-hydrogen) atoms. The summed E-state index contributed by atoms with van der Waals surface area (Å²) in [5.74, 6) is 0.946. The second kappa shape index (κ2) is 4.27. The molecule has 0 aliphatic heterocycles. The number of hydrogen-bond acceptors (Lipinski definition) is 3. The minimum absolute atomic E-state index is 0.193. The molecule has 0 fully saturated rings. The summed E-state index contributed by atoms with van der Waals surface area (Å²) in [5.41, 5.74) is 1.08. The highest BCUT2D eigenvalue weighted by molar-refractivity contribution is 5.05. The number of rotatable bonds is 4. The smallest absolute Gasteiger partial charge is 0.122 e. The van der Waals surface area contributed by atoms with Crippen LogP contribution in [0.15, 0.2) is 24.7 Å². The lowest BCUT2D eigenvalue weighted by atomic mass is 10.2. The Balaban J connectivity index is 1.98. The Bertz CT molecular complexity index is 340. The van der Waals surface area contributed by atoms with Crippen LogP contribution in [0.4, 0.5) is 0 Å². The van der Waals surface area contributed by atoms with Crippen LogP contribution < -0.4 is 5.32 Å². The lowest BCUT2D eigenvalue weighted by molar-refractivity contribution is 0.471. The van der Waals surface area contributed by atoms with E-state index >= 15 is 0 Å². The standard InChI is InChI=1S/C10H15N5/c1-7(9-3-4-13-15-9)14-8(2)10-11-5-6-12-10/h3-8,14H,1-2H3,(H,11,12)(H,13,15). The van der Waals surface area contributed by atoms with E-state index in [0.717, 1.165) is 11.5 Å². The number of hydrogen-bond donors (Lipinski definition) is 3. The number of nitrogens with zero attached hydrogens (tertiary/aromatic N) is 2. The highest BCUT2D eigenvalue weighted by atomic mass is 15.1. The minimum Gasteiger partial charge on any atom is -0.347 e. The Kier molecular flexibility index (Phi) is 2.82. The van der Waals surface area contributed by atoms with Crippen molar-refractivity contribution < 1.29 is 0 Å². The zero-order valence-corrected chi connectivity index (χ0v) is 8.86. The van der Waals surface area contributed by atoms with Gasteiger partial charge >= 0.3 is 0 Å². The van der Waals surface area contributed by atoms with Crippen molar-refractivity contribution in [3.05, 3.63) is 36.2 Å². The molecule has 0 radical (unpaired) electrons. The van der Waals surface area contributed by atoms with E-state index < -0.39 is 0 Å². The third-order valence-corrected chi connectivity index (χ3v) is 2.42. The molecule has 2 heterocycles. The summed E-state index contributed by atoms with van der Waals surface area (Å²) in [5, 5.41) is 10.3. The van der Waals surface area contributed by atoms with Crippen LogP contribution >= 0.6 is 0 Å². The average molecular weight is 205 g/mol. The van der Waals surface area contributed by atoms with Gasteiger partial charge in [0, 0.05) is 24.6 Å². The Morgan fingerprint density at radius 1 is 1.27 bits per heavy atom. The lowest BCUT2D eigenvalue weighted by Crippen LogP contribution is -2.23. The van der Waals surface area contributed by atoms with Gasteiger partial charge in [-0.2, -0.15) is 5.10 Å². The van der Waals surface area contributed by atoms with Crippen molar-refractivity contribution >= 4 is 0 Å². The van der Waals surface area contributed by atoms with Crippen LogP contribution in [0.3, 0.4) is 0 Å². The molecule has 5 heteroatoms. The van der Waals surface area contributed by atoms with Crippen molar-refractivity contribution in [3.8, 4) is 0 Å². The van der Waals surface area contributed by atoms with Crippen molar-refractivity contribution in [2.75, 3.05) is 0 Å². The lowest BCUT2D eigenvalue weighted by Gasteiger charge is -2.17. The summed E-state index contributed by atoms with van der Waals surface area (Å²) in [7, 11) is 0. The van der Waals surface area contributed by atoms with E-state index in [1.165, 1.54) is 0 Å². The van der Waals surface area contributed by atoms with Crippen molar-refractivity contribution in [1.29, 1.82) is 0 Å². The maximum atomic E-state index is 4.21. The molecule has 0 aliphatic rings. The highest BCUT2D eigenvalue weighted by Crippen LogP contribution is 2.14. The van der Waals surface area contributed by atoms with Gasteiger partial charge in [-0.25, -0.2) is 4.98 Å². The first-order valence-corrected chi connectivity index (χ1v) is 5.02. The molecule has 0 aliphatic carbocycles. The number of H-pyrrole nitrogens is 2. The molecule has 2 aromatic heterocycles. The summed E-state index contributed by atoms with van der Waals surface area (Å²) in [6.45, 7) is 4.17. The Labute approximate surface area is 88.3 Å². The predicted molar refractivity (Wildman–Crippen MR) is 57.1 cm³/mol. The molecule has 5 nitrogen and oxygen atoms in total. The Morgan fingerprint density at radius 3 is 2.73 bits per heavy atom. The highest BCUT2D eigenvalue weighted by Gasteiger charge is 2.12. The number of aromatic amines is 2. The molecule has 2 rings (SSSR count). The van der Waals surface area contributed by atoms with E-state index in [0.29, 0.717) is 0 Å². The summed E-state index contributed by atoms with van der Waals surface area (Å²) in [6.07, 6.45) is 5.34. The monoisotopic (exact) mass is 205 g/mol. The quantitative estimate of drug-likeness (QED) is 0.709. The molecule has 3 N–H and O–H groups in total. The third kappa shape index (κ3) is 2.24. The zero-order chi connectivity index (χ0) is 10.7. The van der Waals surface area contributed by atoms with Crippen LogP contribution in [0.1, 0.15) is 37.4 Å². The largest absolute Gasteiger partial charge is 0.347 e.